The van der Waals surface area contributed by atoms with Gasteiger partial charge in [-0.3, -0.25) is 4.79 Å². The van der Waals surface area contributed by atoms with Crippen molar-refractivity contribution in [1.29, 1.82) is 0 Å². The minimum atomic E-state index is -0.658. The quantitative estimate of drug-likeness (QED) is 0.708. The number of hydrogen-bond donors (Lipinski definition) is 1. The lowest BCUT2D eigenvalue weighted by atomic mass is 9.63. The average Bonchev–Trinajstić information content (AvgIpc) is 2.47. The van der Waals surface area contributed by atoms with Crippen LogP contribution in [0.2, 0.25) is 0 Å². The number of carbonyl (C=O) groups excluding carboxylic acids is 1. The first-order chi connectivity index (χ1) is 10.7. The Morgan fingerprint density at radius 2 is 2.00 bits per heavy atom. The van der Waals surface area contributed by atoms with E-state index >= 15 is 0 Å². The number of hydrogen-bond acceptors (Lipinski definition) is 2. The molecule has 0 heterocycles. The summed E-state index contributed by atoms with van der Waals surface area (Å²) >= 11 is 0. The van der Waals surface area contributed by atoms with Gasteiger partial charge in [0.15, 0.2) is 0 Å². The number of halogens is 1. The SMILES string of the molecule is CCCCOCCCNC(=O)C1(c2ccccc2F)CCC1. The van der Waals surface area contributed by atoms with Crippen molar-refractivity contribution in [2.24, 2.45) is 0 Å². The molecule has 1 N–H and O–H groups in total. The van der Waals surface area contributed by atoms with E-state index in [0.717, 1.165) is 45.1 Å². The molecule has 1 aliphatic carbocycles. The molecule has 0 bridgehead atoms. The Morgan fingerprint density at radius 1 is 1.27 bits per heavy atom. The number of rotatable bonds is 9. The normalized spacial score (nSPS) is 16.1. The lowest BCUT2D eigenvalue weighted by Gasteiger charge is -2.40. The van der Waals surface area contributed by atoms with Gasteiger partial charge in [0.25, 0.3) is 0 Å². The second kappa shape index (κ2) is 8.28. The third kappa shape index (κ3) is 3.86. The van der Waals surface area contributed by atoms with Crippen LogP contribution < -0.4 is 5.32 Å². The molecule has 1 amide bonds. The molecule has 22 heavy (non-hydrogen) atoms. The van der Waals surface area contributed by atoms with E-state index in [1.54, 1.807) is 18.2 Å². The summed E-state index contributed by atoms with van der Waals surface area (Å²) < 4.78 is 19.5. The molecular weight excluding hydrogens is 281 g/mol. The summed E-state index contributed by atoms with van der Waals surface area (Å²) in [6.45, 7) is 4.15. The lowest BCUT2D eigenvalue weighted by molar-refractivity contribution is -0.130. The molecule has 0 saturated heterocycles. The number of unbranched alkanes of at least 4 members (excludes halogenated alkanes) is 1. The zero-order valence-electron chi connectivity index (χ0n) is 13.4. The fourth-order valence-electron chi connectivity index (χ4n) is 2.89. The van der Waals surface area contributed by atoms with E-state index in [2.05, 4.69) is 12.2 Å². The van der Waals surface area contributed by atoms with Crippen LogP contribution in [0.3, 0.4) is 0 Å². The molecule has 122 valence electrons. The van der Waals surface area contributed by atoms with Gasteiger partial charge in [0.1, 0.15) is 5.82 Å². The molecule has 3 nitrogen and oxygen atoms in total. The van der Waals surface area contributed by atoms with Crippen molar-refractivity contribution in [2.45, 2.75) is 50.9 Å². The van der Waals surface area contributed by atoms with Crippen LogP contribution in [0.5, 0.6) is 0 Å². The highest BCUT2D eigenvalue weighted by Crippen LogP contribution is 2.44. The van der Waals surface area contributed by atoms with Crippen LogP contribution in [0.4, 0.5) is 4.39 Å². The first-order valence-corrected chi connectivity index (χ1v) is 8.32. The van der Waals surface area contributed by atoms with E-state index < -0.39 is 5.41 Å². The molecule has 0 spiro atoms. The summed E-state index contributed by atoms with van der Waals surface area (Å²) in [4.78, 5) is 12.5. The van der Waals surface area contributed by atoms with Gasteiger partial charge in [0, 0.05) is 25.3 Å². The van der Waals surface area contributed by atoms with Gasteiger partial charge in [-0.1, -0.05) is 38.0 Å². The lowest BCUT2D eigenvalue weighted by Crippen LogP contribution is -2.50. The Kier molecular flexibility index (Phi) is 6.37. The zero-order chi connectivity index (χ0) is 15.8. The predicted octanol–water partition coefficient (Wildman–Crippen LogP) is 3.57. The smallest absolute Gasteiger partial charge is 0.230 e. The Labute approximate surface area is 132 Å². The van der Waals surface area contributed by atoms with Gasteiger partial charge in [-0.2, -0.15) is 0 Å². The summed E-state index contributed by atoms with van der Waals surface area (Å²) in [7, 11) is 0. The Hall–Kier alpha value is -1.42. The molecule has 1 fully saturated rings. The second-order valence-corrected chi connectivity index (χ2v) is 5.99. The predicted molar refractivity (Wildman–Crippen MR) is 85.3 cm³/mol. The van der Waals surface area contributed by atoms with Gasteiger partial charge in [0.05, 0.1) is 5.41 Å². The van der Waals surface area contributed by atoms with Gasteiger partial charge >= 0.3 is 0 Å². The Balaban J connectivity index is 1.82. The van der Waals surface area contributed by atoms with Crippen LogP contribution in [-0.4, -0.2) is 25.7 Å². The van der Waals surface area contributed by atoms with Crippen LogP contribution in [0, 0.1) is 5.82 Å². The largest absolute Gasteiger partial charge is 0.381 e. The average molecular weight is 307 g/mol. The molecule has 1 aromatic rings. The summed E-state index contributed by atoms with van der Waals surface area (Å²) in [6.07, 6.45) is 5.43. The van der Waals surface area contributed by atoms with Crippen molar-refractivity contribution in [2.75, 3.05) is 19.8 Å². The standard InChI is InChI=1S/C18H26FNO2/c1-2-3-13-22-14-7-12-20-17(21)18(10-6-11-18)15-8-4-5-9-16(15)19/h4-5,8-9H,2-3,6-7,10-14H2,1H3,(H,20,21). The van der Waals surface area contributed by atoms with E-state index in [1.807, 2.05) is 0 Å². The molecule has 1 aliphatic rings. The van der Waals surface area contributed by atoms with E-state index in [9.17, 15) is 9.18 Å². The van der Waals surface area contributed by atoms with E-state index in [-0.39, 0.29) is 11.7 Å². The highest BCUT2D eigenvalue weighted by molar-refractivity contribution is 5.89. The monoisotopic (exact) mass is 307 g/mol. The second-order valence-electron chi connectivity index (χ2n) is 5.99. The number of benzene rings is 1. The maximum Gasteiger partial charge on any atom is 0.230 e. The highest BCUT2D eigenvalue weighted by atomic mass is 19.1. The summed E-state index contributed by atoms with van der Waals surface area (Å²) in [5, 5.41) is 2.96. The minimum Gasteiger partial charge on any atom is -0.381 e. The van der Waals surface area contributed by atoms with Gasteiger partial charge < -0.3 is 10.1 Å². The van der Waals surface area contributed by atoms with Gasteiger partial charge in [0.2, 0.25) is 5.91 Å². The summed E-state index contributed by atoms with van der Waals surface area (Å²) in [5.41, 5.74) is -0.119. The number of ether oxygens (including phenoxy) is 1. The molecule has 0 radical (unpaired) electrons. The maximum atomic E-state index is 14.0. The molecular formula is C18H26FNO2. The van der Waals surface area contributed by atoms with Crippen LogP contribution in [0.1, 0.15) is 51.0 Å². The molecule has 0 aromatic heterocycles. The first kappa shape index (κ1) is 16.9. The van der Waals surface area contributed by atoms with Gasteiger partial charge in [-0.05, 0) is 31.7 Å². The van der Waals surface area contributed by atoms with Crippen molar-refractivity contribution >= 4 is 5.91 Å². The van der Waals surface area contributed by atoms with Crippen molar-refractivity contribution in [3.63, 3.8) is 0 Å². The van der Waals surface area contributed by atoms with Crippen LogP contribution in [0.15, 0.2) is 24.3 Å². The van der Waals surface area contributed by atoms with Crippen LogP contribution in [-0.2, 0) is 14.9 Å². The van der Waals surface area contributed by atoms with Crippen molar-refractivity contribution in [3.8, 4) is 0 Å². The molecule has 1 saturated carbocycles. The highest BCUT2D eigenvalue weighted by Gasteiger charge is 2.46. The summed E-state index contributed by atoms with van der Waals surface area (Å²) in [6, 6.07) is 6.64. The summed E-state index contributed by atoms with van der Waals surface area (Å²) in [5.74, 6) is -0.322. The van der Waals surface area contributed by atoms with Crippen molar-refractivity contribution in [1.82, 2.24) is 5.32 Å². The molecule has 0 aliphatic heterocycles. The number of nitrogens with one attached hydrogen (secondary N) is 1. The third-order valence-corrected chi connectivity index (χ3v) is 4.42. The Bertz CT molecular complexity index is 486. The van der Waals surface area contributed by atoms with Crippen molar-refractivity contribution in [3.05, 3.63) is 35.6 Å². The molecule has 0 unspecified atom stereocenters. The van der Waals surface area contributed by atoms with E-state index in [4.69, 9.17) is 4.74 Å². The number of carbonyl (C=O) groups is 1. The minimum absolute atomic E-state index is 0.0441. The van der Waals surface area contributed by atoms with Gasteiger partial charge in [-0.15, -0.1) is 0 Å². The van der Waals surface area contributed by atoms with Crippen molar-refractivity contribution < 1.29 is 13.9 Å². The zero-order valence-corrected chi connectivity index (χ0v) is 13.4. The van der Waals surface area contributed by atoms with E-state index in [0.29, 0.717) is 18.7 Å². The topological polar surface area (TPSA) is 38.3 Å². The maximum absolute atomic E-state index is 14.0. The first-order valence-electron chi connectivity index (χ1n) is 8.32. The Morgan fingerprint density at radius 3 is 2.64 bits per heavy atom. The molecule has 1 aromatic carbocycles. The molecule has 4 heteroatoms. The molecule has 0 atom stereocenters. The fraction of sp³-hybridized carbons (Fsp3) is 0.611. The molecule has 2 rings (SSSR count). The van der Waals surface area contributed by atoms with Gasteiger partial charge in [-0.25, -0.2) is 4.39 Å². The van der Waals surface area contributed by atoms with E-state index in [1.165, 1.54) is 6.07 Å². The fourth-order valence-corrected chi connectivity index (χ4v) is 2.89. The van der Waals surface area contributed by atoms with Crippen LogP contribution >= 0.6 is 0 Å². The number of amides is 1. The van der Waals surface area contributed by atoms with Crippen LogP contribution in [0.25, 0.3) is 0 Å². The third-order valence-electron chi connectivity index (χ3n) is 4.42.